The number of methoxy groups -OCH3 is 1. The number of thiazole rings is 1. The van der Waals surface area contributed by atoms with Gasteiger partial charge in [-0.2, -0.15) is 4.99 Å². The van der Waals surface area contributed by atoms with Gasteiger partial charge in [0.1, 0.15) is 5.75 Å². The molecule has 2 aromatic carbocycles. The second-order valence-electron chi connectivity index (χ2n) is 6.70. The summed E-state index contributed by atoms with van der Waals surface area (Å²) in [4.78, 5) is 20.2. The molecule has 6 nitrogen and oxygen atoms in total. The SMILES string of the molecule is CCOCCn1c(=NC(=O)c2ccc(N(CC)CC)cc2)sc2cc(OC)ccc21. The normalized spacial score (nSPS) is 11.8. The van der Waals surface area contributed by atoms with E-state index < -0.39 is 0 Å². The van der Waals surface area contributed by atoms with Gasteiger partial charge in [-0.3, -0.25) is 4.79 Å². The monoisotopic (exact) mass is 427 g/mol. The zero-order chi connectivity index (χ0) is 21.5. The number of fused-ring (bicyclic) bond motifs is 1. The molecule has 0 unspecified atom stereocenters. The summed E-state index contributed by atoms with van der Waals surface area (Å²) in [6.45, 7) is 9.92. The Balaban J connectivity index is 1.97. The van der Waals surface area contributed by atoms with Crippen molar-refractivity contribution < 1.29 is 14.3 Å². The van der Waals surface area contributed by atoms with Crippen molar-refractivity contribution in [2.45, 2.75) is 27.3 Å². The van der Waals surface area contributed by atoms with Gasteiger partial charge in [-0.1, -0.05) is 11.3 Å². The van der Waals surface area contributed by atoms with Crippen molar-refractivity contribution in [2.24, 2.45) is 4.99 Å². The predicted molar refractivity (Wildman–Crippen MR) is 123 cm³/mol. The topological polar surface area (TPSA) is 56.1 Å². The number of amides is 1. The molecule has 0 saturated heterocycles. The number of aromatic nitrogens is 1. The number of benzene rings is 2. The van der Waals surface area contributed by atoms with E-state index in [1.807, 2.05) is 54.0 Å². The number of ether oxygens (including phenoxy) is 2. The van der Waals surface area contributed by atoms with E-state index in [-0.39, 0.29) is 5.91 Å². The summed E-state index contributed by atoms with van der Waals surface area (Å²) in [7, 11) is 1.65. The van der Waals surface area contributed by atoms with Crippen LogP contribution in [0.3, 0.4) is 0 Å². The van der Waals surface area contributed by atoms with Crippen molar-refractivity contribution in [3.63, 3.8) is 0 Å². The van der Waals surface area contributed by atoms with Crippen LogP contribution in [-0.2, 0) is 11.3 Å². The number of rotatable bonds is 9. The summed E-state index contributed by atoms with van der Waals surface area (Å²) < 4.78 is 13.9. The number of hydrogen-bond acceptors (Lipinski definition) is 5. The smallest absolute Gasteiger partial charge is 0.279 e. The maximum Gasteiger partial charge on any atom is 0.279 e. The maximum atomic E-state index is 12.9. The molecule has 1 heterocycles. The first kappa shape index (κ1) is 22.1. The molecule has 1 aromatic heterocycles. The largest absolute Gasteiger partial charge is 0.497 e. The first-order valence-electron chi connectivity index (χ1n) is 10.3. The van der Waals surface area contributed by atoms with E-state index in [2.05, 4.69) is 23.7 Å². The molecule has 30 heavy (non-hydrogen) atoms. The van der Waals surface area contributed by atoms with Gasteiger partial charge in [0.2, 0.25) is 0 Å². The average Bonchev–Trinajstić information content (AvgIpc) is 3.11. The third-order valence-electron chi connectivity index (χ3n) is 4.99. The molecule has 0 fully saturated rings. The summed E-state index contributed by atoms with van der Waals surface area (Å²) in [5.41, 5.74) is 2.71. The number of hydrogen-bond donors (Lipinski definition) is 0. The van der Waals surface area contributed by atoms with Crippen LogP contribution in [0.4, 0.5) is 5.69 Å². The molecular weight excluding hydrogens is 398 g/mol. The lowest BCUT2D eigenvalue weighted by molar-refractivity contribution is 0.0996. The van der Waals surface area contributed by atoms with E-state index in [0.29, 0.717) is 30.1 Å². The van der Waals surface area contributed by atoms with Gasteiger partial charge in [0.05, 0.1) is 23.9 Å². The molecule has 0 atom stereocenters. The van der Waals surface area contributed by atoms with Gasteiger partial charge in [-0.25, -0.2) is 0 Å². The van der Waals surface area contributed by atoms with Gasteiger partial charge in [-0.05, 0) is 63.2 Å². The summed E-state index contributed by atoms with van der Waals surface area (Å²) in [5.74, 6) is 0.537. The van der Waals surface area contributed by atoms with Gasteiger partial charge in [0.15, 0.2) is 4.80 Å². The summed E-state index contributed by atoms with van der Waals surface area (Å²) in [6, 6.07) is 13.5. The Hall–Kier alpha value is -2.64. The van der Waals surface area contributed by atoms with Crippen molar-refractivity contribution in [1.82, 2.24) is 4.57 Å². The van der Waals surface area contributed by atoms with Crippen LogP contribution in [0.1, 0.15) is 31.1 Å². The number of nitrogens with zero attached hydrogens (tertiary/aromatic N) is 3. The van der Waals surface area contributed by atoms with Crippen LogP contribution in [0.25, 0.3) is 10.2 Å². The standard InChI is InChI=1S/C23H29N3O3S/c1-5-25(6-2)18-10-8-17(9-11-18)22(27)24-23-26(14-15-29-7-3)20-13-12-19(28-4)16-21(20)30-23/h8-13,16H,5-7,14-15H2,1-4H3. The van der Waals surface area contributed by atoms with Gasteiger partial charge >= 0.3 is 0 Å². The molecule has 0 spiro atoms. The van der Waals surface area contributed by atoms with E-state index in [1.54, 1.807) is 7.11 Å². The van der Waals surface area contributed by atoms with Crippen molar-refractivity contribution in [3.8, 4) is 5.75 Å². The van der Waals surface area contributed by atoms with Crippen LogP contribution in [0, 0.1) is 0 Å². The van der Waals surface area contributed by atoms with Crippen LogP contribution in [0.2, 0.25) is 0 Å². The van der Waals surface area contributed by atoms with E-state index in [0.717, 1.165) is 34.7 Å². The quantitative estimate of drug-likeness (QED) is 0.477. The van der Waals surface area contributed by atoms with Crippen LogP contribution in [-0.4, -0.2) is 43.9 Å². The average molecular weight is 428 g/mol. The fraction of sp³-hybridized carbons (Fsp3) is 0.391. The molecular formula is C23H29N3O3S. The highest BCUT2D eigenvalue weighted by molar-refractivity contribution is 7.16. The van der Waals surface area contributed by atoms with Gasteiger partial charge in [0, 0.05) is 37.5 Å². The second-order valence-corrected chi connectivity index (χ2v) is 7.71. The molecule has 3 aromatic rings. The summed E-state index contributed by atoms with van der Waals surface area (Å²) >= 11 is 1.48. The van der Waals surface area contributed by atoms with Crippen LogP contribution >= 0.6 is 11.3 Å². The lowest BCUT2D eigenvalue weighted by Gasteiger charge is -2.20. The molecule has 0 saturated carbocycles. The van der Waals surface area contributed by atoms with Crippen molar-refractivity contribution in [3.05, 3.63) is 52.8 Å². The zero-order valence-corrected chi connectivity index (χ0v) is 18.9. The van der Waals surface area contributed by atoms with E-state index in [4.69, 9.17) is 9.47 Å². The van der Waals surface area contributed by atoms with E-state index in [9.17, 15) is 4.79 Å². The van der Waals surface area contributed by atoms with Crippen molar-refractivity contribution in [1.29, 1.82) is 0 Å². The van der Waals surface area contributed by atoms with Crippen LogP contribution in [0.15, 0.2) is 47.5 Å². The Bertz CT molecular complexity index is 1050. The molecule has 7 heteroatoms. The molecule has 160 valence electrons. The highest BCUT2D eigenvalue weighted by atomic mass is 32.1. The maximum absolute atomic E-state index is 12.9. The van der Waals surface area contributed by atoms with Crippen LogP contribution in [0.5, 0.6) is 5.75 Å². The third kappa shape index (κ3) is 4.91. The first-order chi connectivity index (χ1) is 14.6. The lowest BCUT2D eigenvalue weighted by atomic mass is 10.2. The highest BCUT2D eigenvalue weighted by Gasteiger charge is 2.11. The molecule has 0 aliphatic heterocycles. The minimum Gasteiger partial charge on any atom is -0.497 e. The molecule has 1 amide bonds. The first-order valence-corrected chi connectivity index (χ1v) is 11.1. The molecule has 0 bridgehead atoms. The number of carbonyl (C=O) groups excluding carboxylic acids is 1. The molecule has 0 N–H and O–H groups in total. The second kappa shape index (κ2) is 10.4. The minimum absolute atomic E-state index is 0.246. The Labute approximate surface area is 181 Å². The lowest BCUT2D eigenvalue weighted by Crippen LogP contribution is -2.21. The molecule has 0 aliphatic rings. The van der Waals surface area contributed by atoms with Crippen molar-refractivity contribution >= 4 is 33.1 Å². The Morgan fingerprint density at radius 1 is 1.10 bits per heavy atom. The van der Waals surface area contributed by atoms with Gasteiger partial charge < -0.3 is 18.9 Å². The molecule has 0 aliphatic carbocycles. The van der Waals surface area contributed by atoms with E-state index in [1.165, 1.54) is 11.3 Å². The molecule has 3 rings (SSSR count). The Kier molecular flexibility index (Phi) is 7.65. The molecule has 0 radical (unpaired) electrons. The van der Waals surface area contributed by atoms with Gasteiger partial charge in [-0.15, -0.1) is 0 Å². The number of anilines is 1. The summed E-state index contributed by atoms with van der Waals surface area (Å²) in [5, 5.41) is 0. The van der Waals surface area contributed by atoms with Gasteiger partial charge in [0.25, 0.3) is 5.91 Å². The van der Waals surface area contributed by atoms with Crippen LogP contribution < -0.4 is 14.4 Å². The Morgan fingerprint density at radius 3 is 2.47 bits per heavy atom. The van der Waals surface area contributed by atoms with Crippen molar-refractivity contribution in [2.75, 3.05) is 38.3 Å². The minimum atomic E-state index is -0.246. The fourth-order valence-corrected chi connectivity index (χ4v) is 4.42. The van der Waals surface area contributed by atoms with E-state index >= 15 is 0 Å². The fourth-order valence-electron chi connectivity index (χ4n) is 3.34. The third-order valence-corrected chi connectivity index (χ3v) is 6.03. The highest BCUT2D eigenvalue weighted by Crippen LogP contribution is 2.23. The summed E-state index contributed by atoms with van der Waals surface area (Å²) in [6.07, 6.45) is 0. The Morgan fingerprint density at radius 2 is 1.83 bits per heavy atom. The number of carbonyl (C=O) groups is 1. The zero-order valence-electron chi connectivity index (χ0n) is 18.1. The predicted octanol–water partition coefficient (Wildman–Crippen LogP) is 4.34.